The molecule has 0 N–H and O–H groups in total. The van der Waals surface area contributed by atoms with Crippen LogP contribution in [-0.4, -0.2) is 50.4 Å². The predicted octanol–water partition coefficient (Wildman–Crippen LogP) is 4.19. The molecule has 3 aromatic heterocycles. The lowest BCUT2D eigenvalue weighted by Gasteiger charge is -2.40. The third-order valence-corrected chi connectivity index (χ3v) is 5.58. The van der Waals surface area contributed by atoms with Gasteiger partial charge in [-0.05, 0) is 31.9 Å². The van der Waals surface area contributed by atoms with Gasteiger partial charge in [0, 0.05) is 24.7 Å². The van der Waals surface area contributed by atoms with Crippen LogP contribution in [0.3, 0.4) is 0 Å². The van der Waals surface area contributed by atoms with E-state index in [0.717, 1.165) is 23.7 Å². The molecular formula is C20H21F5N6O. The Morgan fingerprint density at radius 1 is 1.22 bits per heavy atom. The van der Waals surface area contributed by atoms with Gasteiger partial charge in [-0.3, -0.25) is 0 Å². The van der Waals surface area contributed by atoms with Crippen molar-refractivity contribution in [3.63, 3.8) is 0 Å². The highest BCUT2D eigenvalue weighted by Gasteiger charge is 2.37. The molecule has 1 fully saturated rings. The number of ether oxygens (including phenoxy) is 1. The zero-order valence-corrected chi connectivity index (χ0v) is 17.1. The largest absolute Gasteiger partial charge is 0.491 e. The molecule has 4 rings (SSSR count). The van der Waals surface area contributed by atoms with Crippen molar-refractivity contribution in [3.05, 3.63) is 36.4 Å². The first-order valence-corrected chi connectivity index (χ1v) is 10.1. The fourth-order valence-electron chi connectivity index (χ4n) is 3.93. The van der Waals surface area contributed by atoms with Crippen LogP contribution in [0.4, 0.5) is 27.8 Å². The number of rotatable bonds is 6. The maximum Gasteiger partial charge on any atom is 0.437 e. The fraction of sp³-hybridized carbons (Fsp3) is 0.500. The molecule has 0 aliphatic carbocycles. The average molecular weight is 456 g/mol. The molecule has 2 unspecified atom stereocenters. The number of halogens is 5. The van der Waals surface area contributed by atoms with Crippen molar-refractivity contribution in [1.29, 1.82) is 0 Å². The van der Waals surface area contributed by atoms with E-state index >= 15 is 0 Å². The molecule has 0 radical (unpaired) electrons. The molecule has 12 heteroatoms. The first-order chi connectivity index (χ1) is 15.2. The standard InChI is InChI=1S/C20H21F5N6O/c1-12-13(11-32-15-5-2-6-26-18(15)20(23,24)25)4-3-7-30(12)17-9-27-14-8-28-31(10-16(21)22)19(14)29-17/h2,5-6,8-9,12-13,16H,3-4,7,10-11H2,1H3. The normalized spacial score (nSPS) is 19.7. The number of piperidine rings is 1. The molecule has 0 bridgehead atoms. The van der Waals surface area contributed by atoms with E-state index in [1.165, 1.54) is 18.3 Å². The molecule has 7 nitrogen and oxygen atoms in total. The smallest absolute Gasteiger partial charge is 0.437 e. The Bertz CT molecular complexity index is 1070. The van der Waals surface area contributed by atoms with Crippen molar-refractivity contribution in [1.82, 2.24) is 24.7 Å². The Morgan fingerprint density at radius 3 is 2.78 bits per heavy atom. The van der Waals surface area contributed by atoms with Crippen LogP contribution in [0.15, 0.2) is 30.7 Å². The lowest BCUT2D eigenvalue weighted by atomic mass is 9.91. The van der Waals surface area contributed by atoms with Crippen LogP contribution < -0.4 is 9.64 Å². The van der Waals surface area contributed by atoms with E-state index in [4.69, 9.17) is 4.74 Å². The molecule has 3 aromatic rings. The number of fused-ring (bicyclic) bond motifs is 1. The summed E-state index contributed by atoms with van der Waals surface area (Å²) in [4.78, 5) is 14.1. The van der Waals surface area contributed by atoms with Gasteiger partial charge in [0.05, 0.1) is 19.0 Å². The third-order valence-electron chi connectivity index (χ3n) is 5.58. The third kappa shape index (κ3) is 4.58. The zero-order chi connectivity index (χ0) is 22.9. The minimum absolute atomic E-state index is 0.0748. The summed E-state index contributed by atoms with van der Waals surface area (Å²) < 4.78 is 71.8. The molecule has 4 heterocycles. The molecule has 172 valence electrons. The van der Waals surface area contributed by atoms with Gasteiger partial charge in [0.25, 0.3) is 6.43 Å². The van der Waals surface area contributed by atoms with Crippen LogP contribution in [0.2, 0.25) is 0 Å². The maximum atomic E-state index is 13.2. The Hall–Kier alpha value is -3.05. The van der Waals surface area contributed by atoms with Gasteiger partial charge in [-0.2, -0.15) is 18.3 Å². The minimum atomic E-state index is -4.60. The second-order valence-electron chi connectivity index (χ2n) is 7.65. The van der Waals surface area contributed by atoms with E-state index in [1.807, 2.05) is 11.8 Å². The molecule has 0 spiro atoms. The molecule has 1 aliphatic heterocycles. The molecule has 2 atom stereocenters. The number of pyridine rings is 1. The van der Waals surface area contributed by atoms with Crippen molar-refractivity contribution in [2.75, 3.05) is 18.1 Å². The van der Waals surface area contributed by atoms with Gasteiger partial charge < -0.3 is 9.64 Å². The molecule has 0 saturated carbocycles. The number of nitrogens with zero attached hydrogens (tertiary/aromatic N) is 6. The number of aromatic nitrogens is 5. The van der Waals surface area contributed by atoms with Gasteiger partial charge in [0.1, 0.15) is 23.6 Å². The van der Waals surface area contributed by atoms with E-state index < -0.39 is 24.8 Å². The first kappa shape index (κ1) is 22.2. The van der Waals surface area contributed by atoms with E-state index in [1.54, 1.807) is 6.20 Å². The number of hydrogen-bond donors (Lipinski definition) is 0. The van der Waals surface area contributed by atoms with E-state index in [2.05, 4.69) is 20.1 Å². The molecule has 0 amide bonds. The van der Waals surface area contributed by atoms with Crippen LogP contribution in [-0.2, 0) is 12.7 Å². The van der Waals surface area contributed by atoms with Crippen molar-refractivity contribution < 1.29 is 26.7 Å². The van der Waals surface area contributed by atoms with Crippen LogP contribution in [0.1, 0.15) is 25.5 Å². The Kier molecular flexibility index (Phi) is 6.11. The van der Waals surface area contributed by atoms with Crippen molar-refractivity contribution in [2.24, 2.45) is 5.92 Å². The molecule has 0 aromatic carbocycles. The average Bonchev–Trinajstić information content (AvgIpc) is 3.14. The summed E-state index contributed by atoms with van der Waals surface area (Å²) in [7, 11) is 0. The van der Waals surface area contributed by atoms with E-state index in [-0.39, 0.29) is 30.0 Å². The van der Waals surface area contributed by atoms with Gasteiger partial charge >= 0.3 is 6.18 Å². The van der Waals surface area contributed by atoms with Crippen molar-refractivity contribution >= 4 is 17.0 Å². The summed E-state index contributed by atoms with van der Waals surface area (Å²) >= 11 is 0. The second kappa shape index (κ2) is 8.83. The number of alkyl halides is 5. The van der Waals surface area contributed by atoms with E-state index in [9.17, 15) is 22.0 Å². The van der Waals surface area contributed by atoms with Gasteiger partial charge in [0.15, 0.2) is 11.3 Å². The van der Waals surface area contributed by atoms with Gasteiger partial charge in [-0.25, -0.2) is 28.4 Å². The fourth-order valence-corrected chi connectivity index (χ4v) is 3.93. The summed E-state index contributed by atoms with van der Waals surface area (Å²) in [5.41, 5.74) is -0.377. The highest BCUT2D eigenvalue weighted by molar-refractivity contribution is 5.71. The molecule has 32 heavy (non-hydrogen) atoms. The van der Waals surface area contributed by atoms with Gasteiger partial charge in [-0.15, -0.1) is 0 Å². The lowest BCUT2D eigenvalue weighted by molar-refractivity contribution is -0.142. The number of anilines is 1. The Morgan fingerprint density at radius 2 is 2.03 bits per heavy atom. The number of hydrogen-bond acceptors (Lipinski definition) is 6. The quantitative estimate of drug-likeness (QED) is 0.518. The maximum absolute atomic E-state index is 13.2. The minimum Gasteiger partial charge on any atom is -0.491 e. The van der Waals surface area contributed by atoms with Crippen molar-refractivity contribution in [2.45, 2.75) is 45.0 Å². The van der Waals surface area contributed by atoms with Crippen LogP contribution >= 0.6 is 0 Å². The highest BCUT2D eigenvalue weighted by Crippen LogP contribution is 2.35. The van der Waals surface area contributed by atoms with Crippen molar-refractivity contribution in [3.8, 4) is 5.75 Å². The van der Waals surface area contributed by atoms with Crippen LogP contribution in [0.25, 0.3) is 11.2 Å². The van der Waals surface area contributed by atoms with Gasteiger partial charge in [0.2, 0.25) is 0 Å². The molecular weight excluding hydrogens is 435 g/mol. The molecule has 1 saturated heterocycles. The van der Waals surface area contributed by atoms with Crippen LogP contribution in [0.5, 0.6) is 5.75 Å². The Labute approximate surface area is 180 Å². The summed E-state index contributed by atoms with van der Waals surface area (Å²) in [5.74, 6) is 0.123. The predicted molar refractivity (Wildman–Crippen MR) is 106 cm³/mol. The summed E-state index contributed by atoms with van der Waals surface area (Å²) in [6.45, 7) is 2.08. The lowest BCUT2D eigenvalue weighted by Crippen LogP contribution is -2.46. The molecule has 1 aliphatic rings. The Balaban J connectivity index is 1.51. The SMILES string of the molecule is CC1C(COc2cccnc2C(F)(F)F)CCCN1c1cnc2cnn(CC(F)F)c2n1. The van der Waals surface area contributed by atoms with E-state index in [0.29, 0.717) is 17.9 Å². The summed E-state index contributed by atoms with van der Waals surface area (Å²) in [6.07, 6.45) is -1.63. The monoisotopic (exact) mass is 456 g/mol. The van der Waals surface area contributed by atoms with Gasteiger partial charge in [-0.1, -0.05) is 0 Å². The topological polar surface area (TPSA) is 69.0 Å². The summed E-state index contributed by atoms with van der Waals surface area (Å²) in [6, 6.07) is 2.53. The first-order valence-electron chi connectivity index (χ1n) is 10.1. The second-order valence-corrected chi connectivity index (χ2v) is 7.65. The zero-order valence-electron chi connectivity index (χ0n) is 17.1. The van der Waals surface area contributed by atoms with Crippen LogP contribution in [0, 0.1) is 5.92 Å². The highest BCUT2D eigenvalue weighted by atomic mass is 19.4. The summed E-state index contributed by atoms with van der Waals surface area (Å²) in [5, 5.41) is 3.92.